The summed E-state index contributed by atoms with van der Waals surface area (Å²) < 4.78 is 10.2. The van der Waals surface area contributed by atoms with Crippen LogP contribution in [-0.2, 0) is 19.8 Å². The summed E-state index contributed by atoms with van der Waals surface area (Å²) >= 11 is 3.50. The van der Waals surface area contributed by atoms with Gasteiger partial charge in [-0.15, -0.1) is 0 Å². The van der Waals surface area contributed by atoms with Gasteiger partial charge in [0.25, 0.3) is 5.91 Å². The van der Waals surface area contributed by atoms with E-state index < -0.39 is 0 Å². The van der Waals surface area contributed by atoms with Crippen molar-refractivity contribution in [1.29, 1.82) is 0 Å². The molecular weight excluding hydrogens is 470 g/mol. The average molecular weight is 494 g/mol. The Bertz CT molecular complexity index is 1180. The second-order valence-electron chi connectivity index (χ2n) is 7.32. The molecule has 8 heteroatoms. The topological polar surface area (TPSA) is 65.2 Å². The molecule has 7 nitrogen and oxygen atoms in total. The number of halogens is 1. The second-order valence-corrected chi connectivity index (χ2v) is 8.17. The minimum absolute atomic E-state index is 0.160. The maximum absolute atomic E-state index is 12.8. The second kappa shape index (κ2) is 9.82. The third kappa shape index (κ3) is 4.91. The molecule has 0 saturated heterocycles. The highest BCUT2D eigenvalue weighted by Gasteiger charge is 2.18. The van der Waals surface area contributed by atoms with Crippen LogP contribution in [0.25, 0.3) is 11.1 Å². The van der Waals surface area contributed by atoms with Crippen molar-refractivity contribution < 1.29 is 9.53 Å². The molecule has 2 heterocycles. The third-order valence-corrected chi connectivity index (χ3v) is 5.78. The van der Waals surface area contributed by atoms with Gasteiger partial charge >= 0.3 is 0 Å². The molecule has 0 radical (unpaired) electrons. The summed E-state index contributed by atoms with van der Waals surface area (Å²) in [7, 11) is 1.76. The normalized spacial score (nSPS) is 10.8. The van der Waals surface area contributed by atoms with Crippen molar-refractivity contribution in [2.75, 3.05) is 7.05 Å². The fourth-order valence-electron chi connectivity index (χ4n) is 3.37. The van der Waals surface area contributed by atoms with Crippen LogP contribution >= 0.6 is 15.9 Å². The molecule has 0 N–H and O–H groups in total. The van der Waals surface area contributed by atoms with Gasteiger partial charge in [0.05, 0.1) is 22.9 Å². The molecule has 0 atom stereocenters. The molecule has 2 aromatic carbocycles. The lowest BCUT2D eigenvalue weighted by atomic mass is 10.1. The highest BCUT2D eigenvalue weighted by molar-refractivity contribution is 9.10. The number of amides is 1. The van der Waals surface area contributed by atoms with Gasteiger partial charge in [0.2, 0.25) is 0 Å². The molecule has 4 aromatic rings. The largest absolute Gasteiger partial charge is 0.471 e. The van der Waals surface area contributed by atoms with E-state index in [2.05, 4.69) is 38.3 Å². The first-order valence-electron chi connectivity index (χ1n) is 10.3. The zero-order valence-electron chi connectivity index (χ0n) is 18.0. The van der Waals surface area contributed by atoms with Crippen molar-refractivity contribution in [3.63, 3.8) is 0 Å². The smallest absolute Gasteiger partial charge is 0.274 e. The predicted molar refractivity (Wildman–Crippen MR) is 126 cm³/mol. The first kappa shape index (κ1) is 21.8. The summed E-state index contributed by atoms with van der Waals surface area (Å²) in [5.74, 6) is 0.578. The summed E-state index contributed by atoms with van der Waals surface area (Å²) in [6.45, 7) is 3.41. The Morgan fingerprint density at radius 2 is 1.78 bits per heavy atom. The van der Waals surface area contributed by atoms with Crippen LogP contribution in [0, 0.1) is 0 Å². The van der Waals surface area contributed by atoms with E-state index in [4.69, 9.17) is 4.74 Å². The molecule has 0 unspecified atom stereocenters. The number of nitrogens with zero attached hydrogens (tertiary/aromatic N) is 5. The highest BCUT2D eigenvalue weighted by Crippen LogP contribution is 2.22. The lowest BCUT2D eigenvalue weighted by molar-refractivity contribution is 0.0773. The van der Waals surface area contributed by atoms with Gasteiger partial charge in [0, 0.05) is 19.8 Å². The SMILES string of the molecule is CCn1ncc(Br)c1CN(C)C(=O)c1ccn(COc2ccc(-c3ccccc3)cc2)n1. The summed E-state index contributed by atoms with van der Waals surface area (Å²) in [6.07, 6.45) is 3.49. The van der Waals surface area contributed by atoms with E-state index in [9.17, 15) is 4.79 Å². The molecule has 0 bridgehead atoms. The van der Waals surface area contributed by atoms with E-state index in [0.29, 0.717) is 12.2 Å². The molecule has 0 saturated carbocycles. The first-order chi connectivity index (χ1) is 15.5. The fourth-order valence-corrected chi connectivity index (χ4v) is 3.79. The maximum atomic E-state index is 12.8. The lowest BCUT2D eigenvalue weighted by Gasteiger charge is -2.17. The minimum atomic E-state index is -0.160. The van der Waals surface area contributed by atoms with Crippen LogP contribution in [0.3, 0.4) is 0 Å². The predicted octanol–water partition coefficient (Wildman–Crippen LogP) is 4.84. The Labute approximate surface area is 195 Å². The van der Waals surface area contributed by atoms with E-state index in [0.717, 1.165) is 33.6 Å². The number of rotatable bonds is 8. The number of benzene rings is 2. The van der Waals surface area contributed by atoms with Gasteiger partial charge < -0.3 is 9.64 Å². The average Bonchev–Trinajstić information content (AvgIpc) is 3.45. The fraction of sp³-hybridized carbons (Fsp3) is 0.208. The van der Waals surface area contributed by atoms with Gasteiger partial charge in [-0.25, -0.2) is 4.68 Å². The van der Waals surface area contributed by atoms with Crippen molar-refractivity contribution in [2.45, 2.75) is 26.7 Å². The quantitative estimate of drug-likeness (QED) is 0.352. The molecule has 1 amide bonds. The Balaban J connectivity index is 1.35. The van der Waals surface area contributed by atoms with Crippen LogP contribution in [0.2, 0.25) is 0 Å². The van der Waals surface area contributed by atoms with E-state index >= 15 is 0 Å². The zero-order valence-corrected chi connectivity index (χ0v) is 19.6. The molecule has 32 heavy (non-hydrogen) atoms. The van der Waals surface area contributed by atoms with Crippen LogP contribution in [0.1, 0.15) is 23.1 Å². The van der Waals surface area contributed by atoms with Crippen LogP contribution in [-0.4, -0.2) is 37.4 Å². The Morgan fingerprint density at radius 3 is 2.50 bits per heavy atom. The summed E-state index contributed by atoms with van der Waals surface area (Å²) in [4.78, 5) is 14.4. The molecular formula is C24H24BrN5O2. The van der Waals surface area contributed by atoms with Crippen LogP contribution in [0.15, 0.2) is 77.5 Å². The minimum Gasteiger partial charge on any atom is -0.471 e. The summed E-state index contributed by atoms with van der Waals surface area (Å²) in [5, 5.41) is 8.67. The van der Waals surface area contributed by atoms with Gasteiger partial charge in [-0.05, 0) is 52.2 Å². The molecule has 4 rings (SSSR count). The lowest BCUT2D eigenvalue weighted by Crippen LogP contribution is -2.28. The van der Waals surface area contributed by atoms with Crippen molar-refractivity contribution in [3.05, 3.63) is 88.9 Å². The Kier molecular flexibility index (Phi) is 6.70. The molecule has 0 spiro atoms. The monoisotopic (exact) mass is 493 g/mol. The number of aromatic nitrogens is 4. The zero-order chi connectivity index (χ0) is 22.5. The van der Waals surface area contributed by atoms with E-state index in [1.54, 1.807) is 35.1 Å². The molecule has 164 valence electrons. The molecule has 0 aliphatic carbocycles. The third-order valence-electron chi connectivity index (χ3n) is 5.12. The van der Waals surface area contributed by atoms with Gasteiger partial charge in [0.15, 0.2) is 12.4 Å². The van der Waals surface area contributed by atoms with E-state index in [1.807, 2.05) is 54.1 Å². The van der Waals surface area contributed by atoms with Crippen LogP contribution in [0.5, 0.6) is 5.75 Å². The standard InChI is InChI=1S/C24H24BrN5O2/c1-3-30-23(21(25)15-26-30)16-28(2)24(31)22-13-14-29(27-22)17-32-20-11-9-19(10-12-20)18-7-5-4-6-8-18/h4-15H,3,16-17H2,1-2H3. The Hall–Kier alpha value is -3.39. The summed E-state index contributed by atoms with van der Waals surface area (Å²) in [6, 6.07) is 19.8. The number of aryl methyl sites for hydroxylation is 1. The van der Waals surface area contributed by atoms with Gasteiger partial charge in [-0.2, -0.15) is 10.2 Å². The van der Waals surface area contributed by atoms with Crippen LogP contribution < -0.4 is 4.74 Å². The highest BCUT2D eigenvalue weighted by atomic mass is 79.9. The summed E-state index contributed by atoms with van der Waals surface area (Å²) in [5.41, 5.74) is 3.61. The van der Waals surface area contributed by atoms with Crippen LogP contribution in [0.4, 0.5) is 0 Å². The van der Waals surface area contributed by atoms with Crippen molar-refractivity contribution in [1.82, 2.24) is 24.5 Å². The van der Waals surface area contributed by atoms with Crippen molar-refractivity contribution in [3.8, 4) is 16.9 Å². The number of hydrogen-bond donors (Lipinski definition) is 0. The van der Waals surface area contributed by atoms with Gasteiger partial charge in [0.1, 0.15) is 5.75 Å². The molecule has 2 aromatic heterocycles. The molecule has 0 aliphatic heterocycles. The number of hydrogen-bond acceptors (Lipinski definition) is 4. The van der Waals surface area contributed by atoms with E-state index in [1.165, 1.54) is 0 Å². The van der Waals surface area contributed by atoms with Gasteiger partial charge in [-0.3, -0.25) is 9.48 Å². The molecule has 0 aliphatic rings. The van der Waals surface area contributed by atoms with Gasteiger partial charge in [-0.1, -0.05) is 42.5 Å². The number of carbonyl (C=O) groups is 1. The maximum Gasteiger partial charge on any atom is 0.274 e. The Morgan fingerprint density at radius 1 is 1.06 bits per heavy atom. The molecule has 0 fully saturated rings. The van der Waals surface area contributed by atoms with E-state index in [-0.39, 0.29) is 12.6 Å². The number of ether oxygens (including phenoxy) is 1. The number of carbonyl (C=O) groups excluding carboxylic acids is 1. The van der Waals surface area contributed by atoms with Crippen molar-refractivity contribution in [2.24, 2.45) is 0 Å². The first-order valence-corrected chi connectivity index (χ1v) is 11.1. The van der Waals surface area contributed by atoms with Crippen molar-refractivity contribution >= 4 is 21.8 Å².